The molecule has 0 saturated heterocycles. The molecular formula is C12H15NO2S. The van der Waals surface area contributed by atoms with Crippen molar-refractivity contribution in [1.82, 2.24) is 4.98 Å². The van der Waals surface area contributed by atoms with E-state index in [0.29, 0.717) is 0 Å². The summed E-state index contributed by atoms with van der Waals surface area (Å²) in [6.45, 7) is 3.41. The minimum absolute atomic E-state index is 0.0827. The fourth-order valence-corrected chi connectivity index (χ4v) is 2.52. The van der Waals surface area contributed by atoms with Crippen molar-refractivity contribution in [3.8, 4) is 0 Å². The molecule has 0 radical (unpaired) electrons. The van der Waals surface area contributed by atoms with Crippen molar-refractivity contribution >= 4 is 20.7 Å². The van der Waals surface area contributed by atoms with E-state index in [4.69, 9.17) is 0 Å². The zero-order valence-corrected chi connectivity index (χ0v) is 10.2. The summed E-state index contributed by atoms with van der Waals surface area (Å²) in [6, 6.07) is 9.68. The molecule has 3 nitrogen and oxygen atoms in total. The SMILES string of the molecule is CC(C)S(=O)(=O)Cc1cc2ccccc2[nH]1. The number of aromatic nitrogens is 1. The lowest BCUT2D eigenvalue weighted by Gasteiger charge is -2.05. The topological polar surface area (TPSA) is 49.9 Å². The summed E-state index contributed by atoms with van der Waals surface area (Å²) in [5.74, 6) is 0.0827. The number of para-hydroxylation sites is 1. The lowest BCUT2D eigenvalue weighted by Crippen LogP contribution is -2.16. The molecule has 1 aromatic carbocycles. The standard InChI is InChI=1S/C12H15NO2S/c1-9(2)16(14,15)8-11-7-10-5-3-4-6-12(10)13-11/h3-7,9,13H,8H2,1-2H3. The molecule has 0 aliphatic rings. The van der Waals surface area contributed by atoms with Crippen molar-refractivity contribution in [2.75, 3.05) is 0 Å². The molecule has 0 aliphatic carbocycles. The summed E-state index contributed by atoms with van der Waals surface area (Å²) >= 11 is 0. The van der Waals surface area contributed by atoms with Gasteiger partial charge in [-0.15, -0.1) is 0 Å². The Kier molecular flexibility index (Phi) is 2.76. The predicted octanol–water partition coefficient (Wildman–Crippen LogP) is 2.49. The van der Waals surface area contributed by atoms with E-state index >= 15 is 0 Å². The fourth-order valence-electron chi connectivity index (χ4n) is 1.59. The van der Waals surface area contributed by atoms with E-state index in [1.807, 2.05) is 30.3 Å². The third-order valence-corrected chi connectivity index (χ3v) is 4.81. The number of nitrogens with one attached hydrogen (secondary N) is 1. The van der Waals surface area contributed by atoms with Gasteiger partial charge in [0.2, 0.25) is 0 Å². The molecule has 0 fully saturated rings. The molecule has 2 rings (SSSR count). The van der Waals surface area contributed by atoms with Crippen molar-refractivity contribution in [2.24, 2.45) is 0 Å². The molecule has 86 valence electrons. The van der Waals surface area contributed by atoms with Crippen LogP contribution in [0.5, 0.6) is 0 Å². The molecule has 0 bridgehead atoms. The van der Waals surface area contributed by atoms with Crippen molar-refractivity contribution < 1.29 is 8.42 Å². The highest BCUT2D eigenvalue weighted by atomic mass is 32.2. The quantitative estimate of drug-likeness (QED) is 0.891. The Balaban J connectivity index is 2.36. The first kappa shape index (κ1) is 11.2. The first-order valence-electron chi connectivity index (χ1n) is 5.27. The minimum Gasteiger partial charge on any atom is -0.358 e. The monoisotopic (exact) mass is 237 g/mol. The molecule has 0 amide bonds. The number of hydrogen-bond donors (Lipinski definition) is 1. The molecule has 0 spiro atoms. The van der Waals surface area contributed by atoms with Crippen LogP contribution >= 0.6 is 0 Å². The van der Waals surface area contributed by atoms with Gasteiger partial charge < -0.3 is 4.98 Å². The van der Waals surface area contributed by atoms with Gasteiger partial charge in [-0.3, -0.25) is 0 Å². The number of hydrogen-bond acceptors (Lipinski definition) is 2. The maximum atomic E-state index is 11.8. The summed E-state index contributed by atoms with van der Waals surface area (Å²) in [6.07, 6.45) is 0. The average Bonchev–Trinajstić information content (AvgIpc) is 2.58. The highest BCUT2D eigenvalue weighted by Crippen LogP contribution is 2.17. The summed E-state index contributed by atoms with van der Waals surface area (Å²) < 4.78 is 23.5. The van der Waals surface area contributed by atoms with Crippen LogP contribution in [0.1, 0.15) is 19.5 Å². The Hall–Kier alpha value is -1.29. The Morgan fingerprint density at radius 3 is 2.56 bits per heavy atom. The molecule has 4 heteroatoms. The van der Waals surface area contributed by atoms with Crippen molar-refractivity contribution in [3.63, 3.8) is 0 Å². The van der Waals surface area contributed by atoms with Crippen LogP contribution < -0.4 is 0 Å². The van der Waals surface area contributed by atoms with Gasteiger partial charge in [-0.2, -0.15) is 0 Å². The van der Waals surface area contributed by atoms with Gasteiger partial charge in [-0.25, -0.2) is 8.42 Å². The Bertz CT molecular complexity index is 563. The Morgan fingerprint density at radius 2 is 1.94 bits per heavy atom. The normalized spacial score (nSPS) is 12.4. The fraction of sp³-hybridized carbons (Fsp3) is 0.333. The molecule has 1 heterocycles. The Labute approximate surface area is 95.4 Å². The van der Waals surface area contributed by atoms with Crippen molar-refractivity contribution in [3.05, 3.63) is 36.0 Å². The van der Waals surface area contributed by atoms with Gasteiger partial charge in [-0.1, -0.05) is 18.2 Å². The highest BCUT2D eigenvalue weighted by molar-refractivity contribution is 7.91. The van der Waals surface area contributed by atoms with E-state index in [-0.39, 0.29) is 11.0 Å². The predicted molar refractivity (Wildman–Crippen MR) is 66.1 cm³/mol. The first-order chi connectivity index (χ1) is 7.49. The van der Waals surface area contributed by atoms with E-state index in [2.05, 4.69) is 4.98 Å². The number of sulfone groups is 1. The van der Waals surface area contributed by atoms with Crippen molar-refractivity contribution in [1.29, 1.82) is 0 Å². The smallest absolute Gasteiger partial charge is 0.158 e. The summed E-state index contributed by atoms with van der Waals surface area (Å²) in [5.41, 5.74) is 1.74. The molecule has 0 saturated carbocycles. The van der Waals surface area contributed by atoms with E-state index in [1.165, 1.54) is 0 Å². The molecule has 1 N–H and O–H groups in total. The average molecular weight is 237 g/mol. The molecule has 0 aliphatic heterocycles. The molecule has 0 atom stereocenters. The largest absolute Gasteiger partial charge is 0.358 e. The van der Waals surface area contributed by atoms with E-state index in [0.717, 1.165) is 16.6 Å². The maximum absolute atomic E-state index is 11.8. The van der Waals surface area contributed by atoms with E-state index in [9.17, 15) is 8.42 Å². The first-order valence-corrected chi connectivity index (χ1v) is 6.99. The molecule has 2 aromatic rings. The maximum Gasteiger partial charge on any atom is 0.158 e. The zero-order valence-electron chi connectivity index (χ0n) is 9.40. The number of aromatic amines is 1. The zero-order chi connectivity index (χ0) is 11.8. The van der Waals surface area contributed by atoms with Crippen LogP contribution in [0.3, 0.4) is 0 Å². The molecule has 1 aromatic heterocycles. The highest BCUT2D eigenvalue weighted by Gasteiger charge is 2.17. The molecular weight excluding hydrogens is 222 g/mol. The summed E-state index contributed by atoms with van der Waals surface area (Å²) in [4.78, 5) is 3.13. The number of rotatable bonds is 3. The van der Waals surface area contributed by atoms with Gasteiger partial charge in [0.05, 0.1) is 11.0 Å². The van der Waals surface area contributed by atoms with Crippen LogP contribution in [0, 0.1) is 0 Å². The van der Waals surface area contributed by atoms with Gasteiger partial charge in [0, 0.05) is 11.2 Å². The third kappa shape index (κ3) is 2.11. The minimum atomic E-state index is -3.03. The van der Waals surface area contributed by atoms with Crippen LogP contribution in [0.15, 0.2) is 30.3 Å². The summed E-state index contributed by atoms with van der Waals surface area (Å²) in [5, 5.41) is 0.718. The van der Waals surface area contributed by atoms with Crippen LogP contribution in [-0.2, 0) is 15.6 Å². The lowest BCUT2D eigenvalue weighted by molar-refractivity contribution is 0.586. The molecule has 16 heavy (non-hydrogen) atoms. The van der Waals surface area contributed by atoms with Gasteiger partial charge in [0.1, 0.15) is 0 Å². The van der Waals surface area contributed by atoms with Gasteiger partial charge in [-0.05, 0) is 31.4 Å². The second-order valence-corrected chi connectivity index (χ2v) is 6.79. The Morgan fingerprint density at radius 1 is 1.25 bits per heavy atom. The van der Waals surface area contributed by atoms with Crippen LogP contribution in [0.25, 0.3) is 10.9 Å². The van der Waals surface area contributed by atoms with E-state index in [1.54, 1.807) is 13.8 Å². The summed E-state index contributed by atoms with van der Waals surface area (Å²) in [7, 11) is -3.03. The molecule has 0 unspecified atom stereocenters. The lowest BCUT2D eigenvalue weighted by atomic mass is 10.2. The third-order valence-electron chi connectivity index (χ3n) is 2.66. The second-order valence-electron chi connectivity index (χ2n) is 4.24. The van der Waals surface area contributed by atoms with Gasteiger partial charge in [0.25, 0.3) is 0 Å². The van der Waals surface area contributed by atoms with Crippen LogP contribution in [0.2, 0.25) is 0 Å². The second kappa shape index (κ2) is 3.94. The van der Waals surface area contributed by atoms with E-state index < -0.39 is 9.84 Å². The van der Waals surface area contributed by atoms with Gasteiger partial charge in [0.15, 0.2) is 9.84 Å². The van der Waals surface area contributed by atoms with Gasteiger partial charge >= 0.3 is 0 Å². The number of H-pyrrole nitrogens is 1. The number of fused-ring (bicyclic) bond motifs is 1. The van der Waals surface area contributed by atoms with Crippen LogP contribution in [-0.4, -0.2) is 18.7 Å². The number of benzene rings is 1. The van der Waals surface area contributed by atoms with Crippen LogP contribution in [0.4, 0.5) is 0 Å². The van der Waals surface area contributed by atoms with Crippen molar-refractivity contribution in [2.45, 2.75) is 24.9 Å².